The van der Waals surface area contributed by atoms with Crippen molar-refractivity contribution in [1.29, 1.82) is 0 Å². The Balaban J connectivity index is 2.41. The zero-order valence-corrected chi connectivity index (χ0v) is 9.79. The lowest BCUT2D eigenvalue weighted by Crippen LogP contribution is -2.38. The van der Waals surface area contributed by atoms with E-state index < -0.39 is 0 Å². The van der Waals surface area contributed by atoms with Gasteiger partial charge < -0.3 is 5.32 Å². The summed E-state index contributed by atoms with van der Waals surface area (Å²) in [6.07, 6.45) is 3.33. The number of nitrogens with one attached hydrogen (secondary N) is 1. The summed E-state index contributed by atoms with van der Waals surface area (Å²) in [6.45, 7) is 14.0. The maximum atomic E-state index is 3.82. The molecular formula is C12H24N2. The minimum atomic E-state index is 0.626. The van der Waals surface area contributed by atoms with Gasteiger partial charge in [-0.1, -0.05) is 6.08 Å². The lowest BCUT2D eigenvalue weighted by atomic mass is 10.0. The highest BCUT2D eigenvalue weighted by Crippen LogP contribution is 2.17. The molecule has 1 aliphatic heterocycles. The maximum absolute atomic E-state index is 3.82. The topological polar surface area (TPSA) is 15.3 Å². The fraction of sp³-hybridized carbons (Fsp3) is 0.833. The van der Waals surface area contributed by atoms with Crippen molar-refractivity contribution in [3.05, 3.63) is 12.7 Å². The Hall–Kier alpha value is -0.340. The third-order valence-electron chi connectivity index (χ3n) is 3.25. The molecule has 1 rings (SSSR count). The Morgan fingerprint density at radius 1 is 1.57 bits per heavy atom. The van der Waals surface area contributed by atoms with Crippen molar-refractivity contribution in [2.75, 3.05) is 19.6 Å². The van der Waals surface area contributed by atoms with E-state index in [1.807, 2.05) is 6.08 Å². The Morgan fingerprint density at radius 3 is 2.71 bits per heavy atom. The molecule has 1 N–H and O–H groups in total. The lowest BCUT2D eigenvalue weighted by molar-refractivity contribution is 0.201. The van der Waals surface area contributed by atoms with Crippen LogP contribution in [0.4, 0.5) is 0 Å². The molecule has 1 saturated heterocycles. The van der Waals surface area contributed by atoms with E-state index in [0.29, 0.717) is 12.1 Å². The minimum absolute atomic E-state index is 0.626. The summed E-state index contributed by atoms with van der Waals surface area (Å²) in [5.74, 6) is 0.817. The third-order valence-corrected chi connectivity index (χ3v) is 3.25. The largest absolute Gasteiger partial charge is 0.314 e. The third kappa shape index (κ3) is 3.10. The summed E-state index contributed by atoms with van der Waals surface area (Å²) in [5.41, 5.74) is 0. The van der Waals surface area contributed by atoms with Crippen LogP contribution in [0.1, 0.15) is 27.2 Å². The molecule has 0 aliphatic carbocycles. The Labute approximate surface area is 88.4 Å². The molecule has 1 aliphatic rings. The van der Waals surface area contributed by atoms with Gasteiger partial charge >= 0.3 is 0 Å². The summed E-state index contributed by atoms with van der Waals surface area (Å²) in [4.78, 5) is 2.50. The van der Waals surface area contributed by atoms with Crippen LogP contribution in [0.25, 0.3) is 0 Å². The quantitative estimate of drug-likeness (QED) is 0.675. The molecule has 0 bridgehead atoms. The molecule has 0 radical (unpaired) electrons. The van der Waals surface area contributed by atoms with E-state index in [1.165, 1.54) is 19.5 Å². The smallest absolute Gasteiger partial charge is 0.0163 e. The number of hydrogen-bond donors (Lipinski definition) is 1. The average Bonchev–Trinajstić information content (AvgIpc) is 2.51. The van der Waals surface area contributed by atoms with Gasteiger partial charge in [-0.25, -0.2) is 0 Å². The summed E-state index contributed by atoms with van der Waals surface area (Å²) in [7, 11) is 0. The first-order valence-corrected chi connectivity index (χ1v) is 5.73. The minimum Gasteiger partial charge on any atom is -0.314 e. The summed E-state index contributed by atoms with van der Waals surface area (Å²) < 4.78 is 0. The zero-order valence-electron chi connectivity index (χ0n) is 9.79. The van der Waals surface area contributed by atoms with E-state index in [1.54, 1.807) is 0 Å². The Bertz CT molecular complexity index is 177. The van der Waals surface area contributed by atoms with Crippen molar-refractivity contribution in [3.8, 4) is 0 Å². The van der Waals surface area contributed by atoms with Crippen molar-refractivity contribution >= 4 is 0 Å². The average molecular weight is 196 g/mol. The summed E-state index contributed by atoms with van der Waals surface area (Å²) >= 11 is 0. The standard InChI is InChI=1S/C12H24N2/c1-5-8-14(10(2)3)9-12-6-7-13-11(12)4/h5,10-13H,1,6-9H2,2-4H3. The fourth-order valence-electron chi connectivity index (χ4n) is 2.13. The first-order valence-electron chi connectivity index (χ1n) is 5.73. The van der Waals surface area contributed by atoms with E-state index in [9.17, 15) is 0 Å². The van der Waals surface area contributed by atoms with Crippen LogP contribution in [0.15, 0.2) is 12.7 Å². The second kappa shape index (κ2) is 5.52. The predicted octanol–water partition coefficient (Wildman–Crippen LogP) is 1.88. The molecule has 0 saturated carbocycles. The van der Waals surface area contributed by atoms with Gasteiger partial charge in [-0.3, -0.25) is 4.90 Å². The summed E-state index contributed by atoms with van der Waals surface area (Å²) in [5, 5.41) is 3.50. The van der Waals surface area contributed by atoms with Crippen molar-refractivity contribution in [2.45, 2.75) is 39.3 Å². The van der Waals surface area contributed by atoms with Crippen molar-refractivity contribution in [2.24, 2.45) is 5.92 Å². The highest BCUT2D eigenvalue weighted by atomic mass is 15.2. The highest BCUT2D eigenvalue weighted by Gasteiger charge is 2.25. The lowest BCUT2D eigenvalue weighted by Gasteiger charge is -2.29. The van der Waals surface area contributed by atoms with Crippen LogP contribution in [0, 0.1) is 5.92 Å². The van der Waals surface area contributed by atoms with Gasteiger partial charge in [-0.2, -0.15) is 0 Å². The summed E-state index contributed by atoms with van der Waals surface area (Å²) in [6, 6.07) is 1.31. The van der Waals surface area contributed by atoms with Gasteiger partial charge in [0, 0.05) is 25.2 Å². The molecule has 14 heavy (non-hydrogen) atoms. The van der Waals surface area contributed by atoms with Crippen LogP contribution >= 0.6 is 0 Å². The van der Waals surface area contributed by atoms with E-state index in [0.717, 1.165) is 12.5 Å². The molecule has 0 aromatic rings. The second-order valence-electron chi connectivity index (χ2n) is 4.63. The van der Waals surface area contributed by atoms with Crippen LogP contribution in [0.5, 0.6) is 0 Å². The fourth-order valence-corrected chi connectivity index (χ4v) is 2.13. The van der Waals surface area contributed by atoms with Crippen LogP contribution in [0.3, 0.4) is 0 Å². The molecule has 2 heteroatoms. The van der Waals surface area contributed by atoms with Crippen LogP contribution < -0.4 is 5.32 Å². The Kier molecular flexibility index (Phi) is 4.63. The molecule has 1 fully saturated rings. The van der Waals surface area contributed by atoms with Gasteiger partial charge in [0.2, 0.25) is 0 Å². The van der Waals surface area contributed by atoms with Crippen LogP contribution in [-0.4, -0.2) is 36.6 Å². The van der Waals surface area contributed by atoms with Gasteiger partial charge in [0.05, 0.1) is 0 Å². The number of nitrogens with zero attached hydrogens (tertiary/aromatic N) is 1. The Morgan fingerprint density at radius 2 is 2.29 bits per heavy atom. The highest BCUT2D eigenvalue weighted by molar-refractivity contribution is 4.85. The molecule has 2 nitrogen and oxygen atoms in total. The van der Waals surface area contributed by atoms with Gasteiger partial charge in [0.15, 0.2) is 0 Å². The molecule has 2 atom stereocenters. The molecule has 1 heterocycles. The molecule has 2 unspecified atom stereocenters. The number of hydrogen-bond acceptors (Lipinski definition) is 2. The zero-order chi connectivity index (χ0) is 10.6. The first kappa shape index (κ1) is 11.7. The normalized spacial score (nSPS) is 27.5. The van der Waals surface area contributed by atoms with Crippen molar-refractivity contribution < 1.29 is 0 Å². The molecule has 82 valence electrons. The first-order chi connectivity index (χ1) is 6.65. The van der Waals surface area contributed by atoms with Gasteiger partial charge in [0.25, 0.3) is 0 Å². The van der Waals surface area contributed by atoms with Gasteiger partial charge in [-0.15, -0.1) is 6.58 Å². The van der Waals surface area contributed by atoms with E-state index in [-0.39, 0.29) is 0 Å². The van der Waals surface area contributed by atoms with Crippen LogP contribution in [-0.2, 0) is 0 Å². The monoisotopic (exact) mass is 196 g/mol. The number of rotatable bonds is 5. The van der Waals surface area contributed by atoms with Crippen molar-refractivity contribution in [1.82, 2.24) is 10.2 Å². The van der Waals surface area contributed by atoms with E-state index in [2.05, 4.69) is 37.6 Å². The predicted molar refractivity (Wildman–Crippen MR) is 62.5 cm³/mol. The SMILES string of the molecule is C=CCN(CC1CCNC1C)C(C)C. The van der Waals surface area contributed by atoms with Crippen molar-refractivity contribution in [3.63, 3.8) is 0 Å². The van der Waals surface area contributed by atoms with Gasteiger partial charge in [0.1, 0.15) is 0 Å². The second-order valence-corrected chi connectivity index (χ2v) is 4.63. The maximum Gasteiger partial charge on any atom is 0.0163 e. The van der Waals surface area contributed by atoms with E-state index in [4.69, 9.17) is 0 Å². The molecule has 0 aromatic heterocycles. The van der Waals surface area contributed by atoms with Gasteiger partial charge in [-0.05, 0) is 39.7 Å². The van der Waals surface area contributed by atoms with Crippen LogP contribution in [0.2, 0.25) is 0 Å². The molecule has 0 amide bonds. The molecule has 0 aromatic carbocycles. The van der Waals surface area contributed by atoms with E-state index >= 15 is 0 Å². The molecule has 0 spiro atoms. The molecular weight excluding hydrogens is 172 g/mol.